The molecule has 0 amide bonds. The average molecular weight is 322 g/mol. The van der Waals surface area contributed by atoms with Crippen LogP contribution >= 0.6 is 0 Å². The highest BCUT2D eigenvalue weighted by molar-refractivity contribution is 5.89. The molecule has 2 rings (SSSR count). The van der Waals surface area contributed by atoms with Gasteiger partial charge in [0.1, 0.15) is 0 Å². The third-order valence-corrected chi connectivity index (χ3v) is 6.39. The van der Waals surface area contributed by atoms with Gasteiger partial charge >= 0.3 is 11.9 Å². The van der Waals surface area contributed by atoms with Gasteiger partial charge < -0.3 is 4.74 Å². The van der Waals surface area contributed by atoms with Crippen molar-refractivity contribution in [1.29, 1.82) is 0 Å². The molecule has 3 heteroatoms. The van der Waals surface area contributed by atoms with Crippen LogP contribution in [-0.2, 0) is 14.3 Å². The van der Waals surface area contributed by atoms with Crippen molar-refractivity contribution in [3.05, 3.63) is 0 Å². The van der Waals surface area contributed by atoms with Crippen molar-refractivity contribution in [3.8, 4) is 0 Å². The lowest BCUT2D eigenvalue weighted by Crippen LogP contribution is -2.32. The van der Waals surface area contributed by atoms with E-state index in [9.17, 15) is 9.59 Å². The van der Waals surface area contributed by atoms with Crippen LogP contribution < -0.4 is 0 Å². The van der Waals surface area contributed by atoms with Crippen molar-refractivity contribution >= 4 is 11.9 Å². The Morgan fingerprint density at radius 2 is 1.87 bits per heavy atom. The van der Waals surface area contributed by atoms with E-state index in [0.29, 0.717) is 18.3 Å². The van der Waals surface area contributed by atoms with E-state index in [0.717, 1.165) is 24.7 Å². The summed E-state index contributed by atoms with van der Waals surface area (Å²) in [6, 6.07) is 0. The van der Waals surface area contributed by atoms with E-state index in [-0.39, 0.29) is 17.9 Å². The summed E-state index contributed by atoms with van der Waals surface area (Å²) in [7, 11) is 0. The summed E-state index contributed by atoms with van der Waals surface area (Å²) in [4.78, 5) is 22.9. The zero-order valence-electron chi connectivity index (χ0n) is 15.2. The van der Waals surface area contributed by atoms with Crippen LogP contribution in [0.1, 0.15) is 91.4 Å². The zero-order valence-corrected chi connectivity index (χ0v) is 15.2. The fourth-order valence-corrected chi connectivity index (χ4v) is 4.55. The van der Waals surface area contributed by atoms with Crippen molar-refractivity contribution in [2.45, 2.75) is 91.4 Å². The van der Waals surface area contributed by atoms with E-state index in [2.05, 4.69) is 20.8 Å². The number of hydrogen-bond acceptors (Lipinski definition) is 3. The van der Waals surface area contributed by atoms with E-state index in [1.54, 1.807) is 0 Å². The van der Waals surface area contributed by atoms with E-state index in [1.165, 1.54) is 44.9 Å². The molecule has 0 radical (unpaired) electrons. The van der Waals surface area contributed by atoms with E-state index in [4.69, 9.17) is 4.74 Å². The standard InChI is InChI=1S/C20H34O3/c1-4-6-17(20(3)13-11-15(2)12-14-20)8-5-7-16-9-10-18(21)23-19(16)22/h15-17H,4-14H2,1-3H3. The smallest absolute Gasteiger partial charge is 0.316 e. The number of esters is 2. The van der Waals surface area contributed by atoms with Crippen LogP contribution in [0, 0.1) is 23.2 Å². The molecule has 0 aromatic carbocycles. The van der Waals surface area contributed by atoms with Gasteiger partial charge in [-0.2, -0.15) is 0 Å². The molecule has 0 spiro atoms. The molecular formula is C20H34O3. The molecule has 1 aliphatic heterocycles. The Labute approximate surface area is 141 Å². The monoisotopic (exact) mass is 322 g/mol. The maximum Gasteiger partial charge on any atom is 0.316 e. The summed E-state index contributed by atoms with van der Waals surface area (Å²) in [5.74, 6) is 0.986. The van der Waals surface area contributed by atoms with Crippen LogP contribution in [0.2, 0.25) is 0 Å². The third kappa shape index (κ3) is 5.06. The number of carbonyl (C=O) groups excluding carboxylic acids is 2. The third-order valence-electron chi connectivity index (χ3n) is 6.39. The van der Waals surface area contributed by atoms with Gasteiger partial charge in [-0.05, 0) is 49.4 Å². The fraction of sp³-hybridized carbons (Fsp3) is 0.900. The summed E-state index contributed by atoms with van der Waals surface area (Å²) in [5, 5.41) is 0. The van der Waals surface area contributed by atoms with Gasteiger partial charge in [0.2, 0.25) is 0 Å². The van der Waals surface area contributed by atoms with Crippen molar-refractivity contribution in [3.63, 3.8) is 0 Å². The first-order valence-corrected chi connectivity index (χ1v) is 9.69. The minimum atomic E-state index is -0.348. The molecular weight excluding hydrogens is 288 g/mol. The lowest BCUT2D eigenvalue weighted by atomic mass is 9.62. The number of cyclic esters (lactones) is 2. The molecule has 2 aliphatic rings. The Morgan fingerprint density at radius 3 is 2.48 bits per heavy atom. The molecule has 23 heavy (non-hydrogen) atoms. The van der Waals surface area contributed by atoms with Gasteiger partial charge in [0, 0.05) is 6.42 Å². The minimum Gasteiger partial charge on any atom is -0.393 e. The Balaban J connectivity index is 1.82. The van der Waals surface area contributed by atoms with Crippen molar-refractivity contribution in [2.75, 3.05) is 0 Å². The fourth-order valence-electron chi connectivity index (χ4n) is 4.55. The summed E-state index contributed by atoms with van der Waals surface area (Å²) in [6.45, 7) is 7.16. The normalized spacial score (nSPS) is 33.3. The van der Waals surface area contributed by atoms with Gasteiger partial charge in [0.25, 0.3) is 0 Å². The highest BCUT2D eigenvalue weighted by Crippen LogP contribution is 2.47. The topological polar surface area (TPSA) is 43.4 Å². The molecule has 3 nitrogen and oxygen atoms in total. The van der Waals surface area contributed by atoms with Gasteiger partial charge in [-0.15, -0.1) is 0 Å². The molecule has 1 saturated carbocycles. The predicted molar refractivity (Wildman–Crippen MR) is 91.8 cm³/mol. The maximum atomic E-state index is 11.8. The quantitative estimate of drug-likeness (QED) is 0.474. The summed E-state index contributed by atoms with van der Waals surface area (Å²) in [6.07, 6.45) is 12.3. The Kier molecular flexibility index (Phi) is 6.67. The van der Waals surface area contributed by atoms with E-state index in [1.807, 2.05) is 0 Å². The molecule has 0 N–H and O–H groups in total. The summed E-state index contributed by atoms with van der Waals surface area (Å²) >= 11 is 0. The van der Waals surface area contributed by atoms with Crippen LogP contribution in [0.15, 0.2) is 0 Å². The van der Waals surface area contributed by atoms with Gasteiger partial charge in [-0.3, -0.25) is 9.59 Å². The molecule has 132 valence electrons. The summed E-state index contributed by atoms with van der Waals surface area (Å²) in [5.41, 5.74) is 0.492. The van der Waals surface area contributed by atoms with E-state index < -0.39 is 0 Å². The second kappa shape index (κ2) is 8.30. The molecule has 2 atom stereocenters. The van der Waals surface area contributed by atoms with Crippen LogP contribution in [0.4, 0.5) is 0 Å². The van der Waals surface area contributed by atoms with Crippen LogP contribution in [0.3, 0.4) is 0 Å². The maximum absolute atomic E-state index is 11.8. The first-order valence-electron chi connectivity index (χ1n) is 9.69. The SMILES string of the molecule is CCCC(CCCC1CCC(=O)OC1=O)C1(C)CCC(C)CC1. The van der Waals surface area contributed by atoms with Crippen molar-refractivity contribution < 1.29 is 14.3 Å². The molecule has 1 aliphatic carbocycles. The predicted octanol–water partition coefficient (Wildman–Crippen LogP) is 5.27. The summed E-state index contributed by atoms with van der Waals surface area (Å²) < 4.78 is 4.77. The van der Waals surface area contributed by atoms with Crippen LogP contribution in [-0.4, -0.2) is 11.9 Å². The number of carbonyl (C=O) groups is 2. The van der Waals surface area contributed by atoms with Gasteiger partial charge in [0.15, 0.2) is 0 Å². The second-order valence-electron chi connectivity index (χ2n) is 8.28. The first kappa shape index (κ1) is 18.5. The molecule has 2 fully saturated rings. The Bertz CT molecular complexity index is 407. The number of ether oxygens (including phenoxy) is 1. The van der Waals surface area contributed by atoms with Crippen LogP contribution in [0.25, 0.3) is 0 Å². The van der Waals surface area contributed by atoms with E-state index >= 15 is 0 Å². The van der Waals surface area contributed by atoms with Crippen LogP contribution in [0.5, 0.6) is 0 Å². The Hall–Kier alpha value is -0.860. The van der Waals surface area contributed by atoms with Gasteiger partial charge in [0.05, 0.1) is 5.92 Å². The molecule has 1 heterocycles. The first-order chi connectivity index (χ1) is 10.9. The average Bonchev–Trinajstić information content (AvgIpc) is 2.51. The largest absolute Gasteiger partial charge is 0.393 e. The molecule has 1 saturated heterocycles. The highest BCUT2D eigenvalue weighted by atomic mass is 16.6. The zero-order chi connectivity index (χ0) is 16.9. The molecule has 0 aromatic heterocycles. The van der Waals surface area contributed by atoms with Gasteiger partial charge in [-0.25, -0.2) is 0 Å². The Morgan fingerprint density at radius 1 is 1.17 bits per heavy atom. The molecule has 2 unspecified atom stereocenters. The number of rotatable bonds is 7. The highest BCUT2D eigenvalue weighted by Gasteiger charge is 2.36. The second-order valence-corrected chi connectivity index (χ2v) is 8.28. The lowest BCUT2D eigenvalue weighted by Gasteiger charge is -2.43. The minimum absolute atomic E-state index is 0.0471. The van der Waals surface area contributed by atoms with Crippen molar-refractivity contribution in [2.24, 2.45) is 23.2 Å². The number of hydrogen-bond donors (Lipinski definition) is 0. The lowest BCUT2D eigenvalue weighted by molar-refractivity contribution is -0.167. The molecule has 0 bridgehead atoms. The molecule has 0 aromatic rings. The van der Waals surface area contributed by atoms with Gasteiger partial charge in [-0.1, -0.05) is 52.9 Å². The van der Waals surface area contributed by atoms with Crippen molar-refractivity contribution in [1.82, 2.24) is 0 Å².